The molecule has 0 fully saturated rings. The van der Waals surface area contributed by atoms with Gasteiger partial charge < -0.3 is 13.8 Å². The molecule has 2 aromatic rings. The van der Waals surface area contributed by atoms with E-state index in [1.807, 2.05) is 19.9 Å². The molecule has 0 saturated heterocycles. The van der Waals surface area contributed by atoms with Crippen molar-refractivity contribution in [3.05, 3.63) is 28.7 Å². The van der Waals surface area contributed by atoms with Crippen LogP contribution in [0.2, 0.25) is 0 Å². The number of ether oxygens (including phenoxy) is 1. The molecule has 0 aliphatic heterocycles. The molecule has 0 bridgehead atoms. The number of aromatic nitrogens is 3. The van der Waals surface area contributed by atoms with Gasteiger partial charge in [0, 0.05) is 6.61 Å². The summed E-state index contributed by atoms with van der Waals surface area (Å²) in [5.74, 6) is 1.35. The highest BCUT2D eigenvalue weighted by atomic mass is 16.5. The number of nitriles is 1. The van der Waals surface area contributed by atoms with Crippen LogP contribution in [-0.4, -0.2) is 21.9 Å². The van der Waals surface area contributed by atoms with Gasteiger partial charge in [0.15, 0.2) is 11.6 Å². The van der Waals surface area contributed by atoms with Crippen molar-refractivity contribution in [3.63, 3.8) is 0 Å². The molecular weight excluding hydrogens is 248 g/mol. The van der Waals surface area contributed by atoms with Crippen LogP contribution in [0, 0.1) is 18.3 Å². The summed E-state index contributed by atoms with van der Waals surface area (Å²) in [6.45, 7) is 6.01. The molecule has 0 aliphatic rings. The van der Waals surface area contributed by atoms with E-state index in [0.717, 1.165) is 0 Å². The first-order valence-electron chi connectivity index (χ1n) is 5.95. The van der Waals surface area contributed by atoms with Crippen LogP contribution in [0.3, 0.4) is 0 Å². The Hall–Kier alpha value is -2.20. The summed E-state index contributed by atoms with van der Waals surface area (Å²) in [6, 6.07) is 2.04. The number of rotatable bonds is 5. The molecule has 0 amide bonds. The Morgan fingerprint density at radius 1 is 1.37 bits per heavy atom. The zero-order valence-electron chi connectivity index (χ0n) is 11.0. The molecule has 0 aromatic carbocycles. The van der Waals surface area contributed by atoms with Crippen LogP contribution in [0.15, 0.2) is 9.05 Å². The third kappa shape index (κ3) is 2.80. The van der Waals surface area contributed by atoms with Crippen molar-refractivity contribution >= 4 is 0 Å². The molecule has 0 radical (unpaired) electrons. The summed E-state index contributed by atoms with van der Waals surface area (Å²) >= 11 is 0. The summed E-state index contributed by atoms with van der Waals surface area (Å²) in [5.41, 5.74) is 0.914. The van der Waals surface area contributed by atoms with E-state index in [0.29, 0.717) is 35.3 Å². The van der Waals surface area contributed by atoms with Gasteiger partial charge in [-0.3, -0.25) is 0 Å². The van der Waals surface area contributed by atoms with Gasteiger partial charge >= 0.3 is 0 Å². The number of nitrogens with zero attached hydrogens (tertiary/aromatic N) is 4. The normalized spacial score (nSPS) is 12.3. The lowest BCUT2D eigenvalue weighted by Crippen LogP contribution is -2.01. The Kier molecular flexibility index (Phi) is 3.92. The number of hydrogen-bond donors (Lipinski definition) is 0. The average molecular weight is 262 g/mol. The SMILES string of the molecule is CCOC(C)c1noc(Cc2noc(C)c2C#N)n1. The largest absolute Gasteiger partial charge is 0.371 e. The van der Waals surface area contributed by atoms with E-state index in [9.17, 15) is 0 Å². The average Bonchev–Trinajstić information content (AvgIpc) is 2.98. The Balaban J connectivity index is 2.14. The molecule has 7 nitrogen and oxygen atoms in total. The fraction of sp³-hybridized carbons (Fsp3) is 0.500. The number of aryl methyl sites for hydroxylation is 1. The molecule has 1 atom stereocenters. The molecule has 2 heterocycles. The Bertz CT molecular complexity index is 596. The van der Waals surface area contributed by atoms with Gasteiger partial charge in [-0.2, -0.15) is 10.2 Å². The second kappa shape index (κ2) is 5.63. The standard InChI is InChI=1S/C12H14N4O3/c1-4-17-8(3)12-14-11(19-16-12)5-10-9(6-13)7(2)18-15-10/h8H,4-5H2,1-3H3. The maximum Gasteiger partial charge on any atom is 0.232 e. The van der Waals surface area contributed by atoms with Gasteiger partial charge in [-0.15, -0.1) is 0 Å². The van der Waals surface area contributed by atoms with Crippen LogP contribution in [-0.2, 0) is 11.2 Å². The minimum Gasteiger partial charge on any atom is -0.371 e. The van der Waals surface area contributed by atoms with Crippen molar-refractivity contribution in [3.8, 4) is 6.07 Å². The van der Waals surface area contributed by atoms with Gasteiger partial charge in [0.1, 0.15) is 23.4 Å². The maximum absolute atomic E-state index is 8.99. The van der Waals surface area contributed by atoms with E-state index in [4.69, 9.17) is 19.0 Å². The smallest absolute Gasteiger partial charge is 0.232 e. The molecule has 0 spiro atoms. The lowest BCUT2D eigenvalue weighted by atomic mass is 10.2. The van der Waals surface area contributed by atoms with Crippen molar-refractivity contribution in [1.82, 2.24) is 15.3 Å². The summed E-state index contributed by atoms with van der Waals surface area (Å²) < 4.78 is 15.4. The lowest BCUT2D eigenvalue weighted by Gasteiger charge is -2.04. The summed E-state index contributed by atoms with van der Waals surface area (Å²) in [5, 5.41) is 16.6. The van der Waals surface area contributed by atoms with E-state index in [2.05, 4.69) is 15.3 Å². The van der Waals surface area contributed by atoms with Gasteiger partial charge in [-0.1, -0.05) is 10.3 Å². The zero-order chi connectivity index (χ0) is 13.8. The molecule has 0 saturated carbocycles. The Morgan fingerprint density at radius 3 is 2.84 bits per heavy atom. The molecule has 100 valence electrons. The molecular formula is C12H14N4O3. The van der Waals surface area contributed by atoms with Gasteiger partial charge in [-0.05, 0) is 20.8 Å². The van der Waals surface area contributed by atoms with Crippen LogP contribution in [0.4, 0.5) is 0 Å². The molecule has 7 heteroatoms. The van der Waals surface area contributed by atoms with Gasteiger partial charge in [0.05, 0.1) is 6.42 Å². The summed E-state index contributed by atoms with van der Waals surface area (Å²) in [6.07, 6.45) is 0.0449. The van der Waals surface area contributed by atoms with E-state index in [1.165, 1.54) is 0 Å². The van der Waals surface area contributed by atoms with E-state index < -0.39 is 0 Å². The molecule has 19 heavy (non-hydrogen) atoms. The topological polar surface area (TPSA) is 98.0 Å². The highest BCUT2D eigenvalue weighted by Gasteiger charge is 2.18. The van der Waals surface area contributed by atoms with Gasteiger partial charge in [0.25, 0.3) is 0 Å². The molecule has 0 N–H and O–H groups in total. The zero-order valence-corrected chi connectivity index (χ0v) is 11.0. The van der Waals surface area contributed by atoms with Crippen molar-refractivity contribution in [2.24, 2.45) is 0 Å². The van der Waals surface area contributed by atoms with Crippen LogP contribution >= 0.6 is 0 Å². The number of hydrogen-bond acceptors (Lipinski definition) is 7. The molecule has 1 unspecified atom stereocenters. The summed E-state index contributed by atoms with van der Waals surface area (Å²) in [7, 11) is 0. The van der Waals surface area contributed by atoms with Crippen molar-refractivity contribution in [1.29, 1.82) is 5.26 Å². The van der Waals surface area contributed by atoms with E-state index in [1.54, 1.807) is 6.92 Å². The van der Waals surface area contributed by atoms with Crippen molar-refractivity contribution in [2.45, 2.75) is 33.3 Å². The second-order valence-corrected chi connectivity index (χ2v) is 3.99. The monoisotopic (exact) mass is 262 g/mol. The first-order valence-corrected chi connectivity index (χ1v) is 5.95. The van der Waals surface area contributed by atoms with E-state index in [-0.39, 0.29) is 12.5 Å². The van der Waals surface area contributed by atoms with Gasteiger partial charge in [-0.25, -0.2) is 0 Å². The highest BCUT2D eigenvalue weighted by Crippen LogP contribution is 2.17. The third-order valence-corrected chi connectivity index (χ3v) is 2.63. The quantitative estimate of drug-likeness (QED) is 0.811. The molecule has 0 aliphatic carbocycles. The minimum absolute atomic E-state index is 0.225. The van der Waals surface area contributed by atoms with E-state index >= 15 is 0 Å². The minimum atomic E-state index is -0.225. The Labute approximate surface area is 110 Å². The predicted octanol–water partition coefficient (Wildman–Crippen LogP) is 1.93. The predicted molar refractivity (Wildman–Crippen MR) is 63.1 cm³/mol. The van der Waals surface area contributed by atoms with Crippen LogP contribution in [0.1, 0.15) is 48.7 Å². The maximum atomic E-state index is 8.99. The van der Waals surface area contributed by atoms with Crippen LogP contribution in [0.5, 0.6) is 0 Å². The van der Waals surface area contributed by atoms with Gasteiger partial charge in [0.2, 0.25) is 5.89 Å². The summed E-state index contributed by atoms with van der Waals surface area (Å²) in [4.78, 5) is 4.21. The van der Waals surface area contributed by atoms with Crippen LogP contribution in [0.25, 0.3) is 0 Å². The first-order chi connectivity index (χ1) is 9.15. The molecule has 2 rings (SSSR count). The fourth-order valence-corrected chi connectivity index (χ4v) is 1.65. The Morgan fingerprint density at radius 2 is 2.16 bits per heavy atom. The van der Waals surface area contributed by atoms with Crippen LogP contribution < -0.4 is 0 Å². The second-order valence-electron chi connectivity index (χ2n) is 3.99. The first kappa shape index (κ1) is 13.2. The fourth-order valence-electron chi connectivity index (χ4n) is 1.65. The lowest BCUT2D eigenvalue weighted by molar-refractivity contribution is 0.0683. The molecule has 2 aromatic heterocycles. The van der Waals surface area contributed by atoms with Crippen molar-refractivity contribution in [2.75, 3.05) is 6.61 Å². The third-order valence-electron chi connectivity index (χ3n) is 2.63. The highest BCUT2D eigenvalue weighted by molar-refractivity contribution is 5.36. The van der Waals surface area contributed by atoms with Crippen molar-refractivity contribution < 1.29 is 13.8 Å².